The molecule has 1 heterocycles. The minimum Gasteiger partial charge on any atom is -0.347 e. The summed E-state index contributed by atoms with van der Waals surface area (Å²) < 4.78 is 10.7. The van der Waals surface area contributed by atoms with Crippen LogP contribution in [-0.4, -0.2) is 24.3 Å². The van der Waals surface area contributed by atoms with Crippen molar-refractivity contribution in [3.05, 3.63) is 12.2 Å². The molecule has 1 saturated heterocycles. The number of carbonyl (C=O) groups excluding carboxylic acids is 1. The van der Waals surface area contributed by atoms with E-state index in [4.69, 9.17) is 9.47 Å². The second-order valence-electron chi connectivity index (χ2n) is 3.34. The van der Waals surface area contributed by atoms with Crippen LogP contribution in [0, 0.1) is 0 Å². The number of hydrogen-bond acceptors (Lipinski definition) is 3. The van der Waals surface area contributed by atoms with Gasteiger partial charge in [0.15, 0.2) is 11.6 Å². The molecule has 1 atom stereocenters. The van der Waals surface area contributed by atoms with Crippen LogP contribution in [0.3, 0.4) is 0 Å². The molecule has 0 aromatic rings. The quantitative estimate of drug-likeness (QED) is 0.586. The number of ketones is 1. The van der Waals surface area contributed by atoms with Gasteiger partial charge >= 0.3 is 0 Å². The molecule has 0 aromatic heterocycles. The Bertz CT molecular complexity index is 206. The average Bonchev–Trinajstić information content (AvgIpc) is 2.26. The van der Waals surface area contributed by atoms with Crippen molar-refractivity contribution >= 4 is 5.78 Å². The fourth-order valence-corrected chi connectivity index (χ4v) is 1.05. The van der Waals surface area contributed by atoms with Gasteiger partial charge in [0.05, 0.1) is 6.61 Å². The molecule has 3 heteroatoms. The van der Waals surface area contributed by atoms with Gasteiger partial charge in [-0.05, 0) is 32.9 Å². The Morgan fingerprint density at radius 3 is 2.67 bits per heavy atom. The van der Waals surface area contributed by atoms with Crippen molar-refractivity contribution < 1.29 is 14.3 Å². The molecule has 1 fully saturated rings. The molecule has 0 unspecified atom stereocenters. The molecule has 1 aliphatic heterocycles. The molecular weight excluding hydrogens is 156 g/mol. The summed E-state index contributed by atoms with van der Waals surface area (Å²) in [4.78, 5) is 10.6. The maximum atomic E-state index is 10.6. The Morgan fingerprint density at radius 2 is 2.25 bits per heavy atom. The first-order valence-electron chi connectivity index (χ1n) is 4.00. The molecule has 0 aromatic carbocycles. The third-order valence-electron chi connectivity index (χ3n) is 1.58. The minimum absolute atomic E-state index is 0.0308. The third-order valence-corrected chi connectivity index (χ3v) is 1.58. The Morgan fingerprint density at radius 1 is 1.58 bits per heavy atom. The lowest BCUT2D eigenvalue weighted by Crippen LogP contribution is -2.20. The van der Waals surface area contributed by atoms with Crippen molar-refractivity contribution in [3.63, 3.8) is 0 Å². The van der Waals surface area contributed by atoms with Gasteiger partial charge in [0.1, 0.15) is 6.10 Å². The van der Waals surface area contributed by atoms with Crippen LogP contribution < -0.4 is 0 Å². The third kappa shape index (κ3) is 2.75. The van der Waals surface area contributed by atoms with Crippen molar-refractivity contribution in [3.8, 4) is 0 Å². The van der Waals surface area contributed by atoms with Crippen molar-refractivity contribution in [1.29, 1.82) is 0 Å². The first kappa shape index (κ1) is 9.42. The molecule has 0 amide bonds. The van der Waals surface area contributed by atoms with Crippen molar-refractivity contribution in [1.82, 2.24) is 0 Å². The van der Waals surface area contributed by atoms with E-state index in [2.05, 4.69) is 0 Å². The van der Waals surface area contributed by atoms with Crippen LogP contribution in [0.5, 0.6) is 0 Å². The summed E-state index contributed by atoms with van der Waals surface area (Å²) in [7, 11) is 0. The zero-order valence-corrected chi connectivity index (χ0v) is 7.66. The molecule has 0 spiro atoms. The summed E-state index contributed by atoms with van der Waals surface area (Å²) in [5.41, 5.74) is 0. The predicted octanol–water partition coefficient (Wildman–Crippen LogP) is 1.28. The van der Waals surface area contributed by atoms with E-state index in [1.807, 2.05) is 13.8 Å². The number of hydrogen-bond donors (Lipinski definition) is 0. The van der Waals surface area contributed by atoms with E-state index < -0.39 is 5.79 Å². The summed E-state index contributed by atoms with van der Waals surface area (Å²) in [5, 5.41) is 0. The summed E-state index contributed by atoms with van der Waals surface area (Å²) >= 11 is 0. The second kappa shape index (κ2) is 3.37. The van der Waals surface area contributed by atoms with Crippen LogP contribution >= 0.6 is 0 Å². The van der Waals surface area contributed by atoms with Crippen LogP contribution in [0.1, 0.15) is 20.8 Å². The summed E-state index contributed by atoms with van der Waals surface area (Å²) in [6, 6.07) is 0. The minimum atomic E-state index is -0.508. The van der Waals surface area contributed by atoms with Gasteiger partial charge in [0.2, 0.25) is 0 Å². The number of rotatable bonds is 2. The van der Waals surface area contributed by atoms with Crippen LogP contribution in [0.2, 0.25) is 0 Å². The predicted molar refractivity (Wildman–Crippen MR) is 44.7 cm³/mol. The lowest BCUT2D eigenvalue weighted by molar-refractivity contribution is -0.133. The van der Waals surface area contributed by atoms with Gasteiger partial charge in [-0.2, -0.15) is 0 Å². The van der Waals surface area contributed by atoms with E-state index in [1.165, 1.54) is 13.0 Å². The van der Waals surface area contributed by atoms with E-state index in [0.717, 1.165) is 0 Å². The van der Waals surface area contributed by atoms with E-state index >= 15 is 0 Å². The van der Waals surface area contributed by atoms with Crippen molar-refractivity contribution in [2.45, 2.75) is 32.7 Å². The highest BCUT2D eigenvalue weighted by molar-refractivity contribution is 5.87. The molecule has 1 rings (SSSR count). The molecule has 1 aliphatic rings. The van der Waals surface area contributed by atoms with Crippen LogP contribution in [0.4, 0.5) is 0 Å². The molecule has 0 N–H and O–H groups in total. The highest BCUT2D eigenvalue weighted by atomic mass is 16.7. The fourth-order valence-electron chi connectivity index (χ4n) is 1.05. The highest BCUT2D eigenvalue weighted by Gasteiger charge is 2.30. The van der Waals surface area contributed by atoms with Crippen LogP contribution in [0.25, 0.3) is 0 Å². The smallest absolute Gasteiger partial charge is 0.163 e. The van der Waals surface area contributed by atoms with E-state index in [1.54, 1.807) is 6.08 Å². The van der Waals surface area contributed by atoms with Crippen molar-refractivity contribution in [2.75, 3.05) is 6.61 Å². The Kier molecular flexibility index (Phi) is 2.65. The van der Waals surface area contributed by atoms with Crippen LogP contribution in [0.15, 0.2) is 12.2 Å². The second-order valence-corrected chi connectivity index (χ2v) is 3.34. The number of ether oxygens (including phenoxy) is 2. The average molecular weight is 170 g/mol. The summed E-state index contributed by atoms with van der Waals surface area (Å²) in [5.74, 6) is -0.477. The molecule has 12 heavy (non-hydrogen) atoms. The molecule has 68 valence electrons. The van der Waals surface area contributed by atoms with Gasteiger partial charge in [-0.3, -0.25) is 4.79 Å². The van der Waals surface area contributed by atoms with Gasteiger partial charge in [-0.25, -0.2) is 0 Å². The molecule has 0 bridgehead atoms. The summed E-state index contributed by atoms with van der Waals surface area (Å²) in [6.07, 6.45) is 3.16. The zero-order valence-electron chi connectivity index (χ0n) is 7.66. The van der Waals surface area contributed by atoms with E-state index in [0.29, 0.717) is 6.61 Å². The zero-order chi connectivity index (χ0) is 9.19. The molecule has 0 radical (unpaired) electrons. The largest absolute Gasteiger partial charge is 0.347 e. The van der Waals surface area contributed by atoms with Crippen LogP contribution in [-0.2, 0) is 14.3 Å². The number of carbonyl (C=O) groups is 1. The van der Waals surface area contributed by atoms with Crippen molar-refractivity contribution in [2.24, 2.45) is 0 Å². The topological polar surface area (TPSA) is 35.5 Å². The normalized spacial score (nSPS) is 28.1. The van der Waals surface area contributed by atoms with E-state index in [9.17, 15) is 4.79 Å². The first-order valence-corrected chi connectivity index (χ1v) is 4.00. The first-order chi connectivity index (χ1) is 5.49. The lowest BCUT2D eigenvalue weighted by Gasteiger charge is -2.15. The maximum Gasteiger partial charge on any atom is 0.163 e. The lowest BCUT2D eigenvalue weighted by atomic mass is 10.3. The molecule has 0 saturated carbocycles. The Labute approximate surface area is 72.4 Å². The fraction of sp³-hybridized carbons (Fsp3) is 0.667. The van der Waals surface area contributed by atoms with Gasteiger partial charge in [0, 0.05) is 0 Å². The molecule has 0 aliphatic carbocycles. The maximum absolute atomic E-state index is 10.6. The monoisotopic (exact) mass is 170 g/mol. The summed E-state index contributed by atoms with van der Waals surface area (Å²) in [6.45, 7) is 5.75. The Balaban J connectivity index is 2.43. The Hall–Kier alpha value is -0.670. The van der Waals surface area contributed by atoms with Gasteiger partial charge in [-0.1, -0.05) is 0 Å². The highest BCUT2D eigenvalue weighted by Crippen LogP contribution is 2.22. The van der Waals surface area contributed by atoms with Gasteiger partial charge in [-0.15, -0.1) is 0 Å². The molecular formula is C9H14O3. The standard InChI is InChI=1S/C9H14O3/c1-7(10)4-5-8-6-11-9(2,3)12-8/h4-5,8H,6H2,1-3H3/t8-/m0/s1. The number of allylic oxidation sites excluding steroid dienone is 1. The van der Waals surface area contributed by atoms with E-state index in [-0.39, 0.29) is 11.9 Å². The van der Waals surface area contributed by atoms with Gasteiger partial charge < -0.3 is 9.47 Å². The SMILES string of the molecule is CC(=O)C=C[C@H]1COC(C)(C)O1. The molecule has 3 nitrogen and oxygen atoms in total. The van der Waals surface area contributed by atoms with Gasteiger partial charge in [0.25, 0.3) is 0 Å².